The van der Waals surface area contributed by atoms with Crippen molar-refractivity contribution in [3.05, 3.63) is 62.7 Å². The second kappa shape index (κ2) is 12.8. The van der Waals surface area contributed by atoms with Crippen LogP contribution in [0.4, 0.5) is 0 Å². The molecule has 3 N–H and O–H groups in total. The van der Waals surface area contributed by atoms with Crippen LogP contribution in [0.5, 0.6) is 40.2 Å². The topological polar surface area (TPSA) is 172 Å². The monoisotopic (exact) mass is 770 g/mol. The van der Waals surface area contributed by atoms with Crippen LogP contribution in [0.1, 0.15) is 86.9 Å². The van der Waals surface area contributed by atoms with Gasteiger partial charge in [0, 0.05) is 52.7 Å². The number of hydrogen-bond acceptors (Lipinski definition) is 15. The molecule has 288 valence electrons. The third kappa shape index (κ3) is 4.90. The van der Waals surface area contributed by atoms with Gasteiger partial charge in [0.15, 0.2) is 34.5 Å². The quantitative estimate of drug-likeness (QED) is 0.245. The van der Waals surface area contributed by atoms with E-state index >= 15 is 0 Å². The summed E-state index contributed by atoms with van der Waals surface area (Å²) in [6.45, 7) is 7.44. The van der Waals surface area contributed by atoms with E-state index in [9.17, 15) is 25.1 Å². The van der Waals surface area contributed by atoms with Crippen molar-refractivity contribution in [3.63, 3.8) is 0 Å². The molecule has 14 nitrogen and oxygen atoms in total. The first kappa shape index (κ1) is 35.8. The summed E-state index contributed by atoms with van der Waals surface area (Å²) in [5.74, 6) is 0.990. The van der Waals surface area contributed by atoms with Gasteiger partial charge >= 0.3 is 11.9 Å². The number of aromatic hydroxyl groups is 2. The van der Waals surface area contributed by atoms with E-state index in [1.54, 1.807) is 18.9 Å². The summed E-state index contributed by atoms with van der Waals surface area (Å²) in [5.41, 5.74) is 4.82. The molecule has 2 bridgehead atoms. The lowest BCUT2D eigenvalue weighted by Gasteiger charge is -2.66. The Morgan fingerprint density at radius 1 is 1.07 bits per heavy atom. The number of carbonyl (C=O) groups excluding carboxylic acids is 2. The highest BCUT2D eigenvalue weighted by molar-refractivity contribution is 7.99. The second-order valence-corrected chi connectivity index (χ2v) is 16.3. The van der Waals surface area contributed by atoms with Crippen LogP contribution in [0.3, 0.4) is 0 Å². The number of fused-ring (bicyclic) bond motifs is 10. The van der Waals surface area contributed by atoms with Gasteiger partial charge in [-0.1, -0.05) is 0 Å². The minimum Gasteiger partial charge on any atom is -0.504 e. The van der Waals surface area contributed by atoms with E-state index in [0.717, 1.165) is 16.7 Å². The van der Waals surface area contributed by atoms with Gasteiger partial charge in [-0.3, -0.25) is 14.6 Å². The van der Waals surface area contributed by atoms with Crippen LogP contribution in [0.15, 0.2) is 18.2 Å². The molecule has 55 heavy (non-hydrogen) atoms. The maximum Gasteiger partial charge on any atom is 0.338 e. The SMILES string of the molecule is COc1cc2c(cc1O)CCNCS[C@@H]1c3c(OC(C)=O)c(C)c4c(c3[C@H](COC2=O)N2[C@@H]1[C@H]1c3c(cc(C)c(OC)c3O)C3(C)CC([C@@H]2C#N)N13)OCO4. The molecule has 0 aliphatic carbocycles. The average molecular weight is 771 g/mol. The Balaban J connectivity index is 1.31. The average Bonchev–Trinajstić information content (AvgIpc) is 3.71. The molecule has 7 heterocycles. The molecular formula is C40H42N4O10S. The predicted octanol–water partition coefficient (Wildman–Crippen LogP) is 4.80. The Kier molecular flexibility index (Phi) is 8.36. The minimum atomic E-state index is -0.776. The smallest absolute Gasteiger partial charge is 0.338 e. The van der Waals surface area contributed by atoms with Gasteiger partial charge in [0.05, 0.1) is 43.2 Å². The number of rotatable bonds is 3. The van der Waals surface area contributed by atoms with Crippen molar-refractivity contribution in [2.45, 2.75) is 81.5 Å². The molecule has 0 radical (unpaired) electrons. The number of ether oxygens (including phenoxy) is 6. The maximum atomic E-state index is 14.2. The molecule has 0 spiro atoms. The number of aryl methyl sites for hydroxylation is 1. The standard InChI is InChI=1S/C40H42N4O10S/c1-17-9-22-28(33(47)34(17)50-6)31-32-38-30-29(37-36(52-16-53-37)18(2)35(30)54-19(3)45)25(43(32)24(13-41)23-12-40(22,4)44(23)31)14-51-39(48)21-11-27(49-5)26(46)10-20(21)7-8-42-15-55-38/h9-11,23-25,31-32,38,42,46-47H,7-8,12,14-16H2,1-6H3/t23?,24-,25-,31+,32+,38+,40?/m0/s1. The number of phenolic OH excluding ortho intramolecular Hbond substituents is 2. The van der Waals surface area contributed by atoms with E-state index in [4.69, 9.17) is 28.4 Å². The zero-order valence-corrected chi connectivity index (χ0v) is 32.2. The van der Waals surface area contributed by atoms with E-state index in [-0.39, 0.29) is 42.3 Å². The molecule has 3 aromatic carbocycles. The lowest BCUT2D eigenvalue weighted by Crippen LogP contribution is -2.75. The largest absolute Gasteiger partial charge is 0.504 e. The van der Waals surface area contributed by atoms with Crippen molar-refractivity contribution in [2.24, 2.45) is 0 Å². The van der Waals surface area contributed by atoms with Crippen molar-refractivity contribution in [1.29, 1.82) is 5.26 Å². The van der Waals surface area contributed by atoms with Gasteiger partial charge in [-0.2, -0.15) is 5.26 Å². The number of hydrogen-bond donors (Lipinski definition) is 3. The number of thioether (sulfide) groups is 1. The van der Waals surface area contributed by atoms with Crippen LogP contribution in [0, 0.1) is 25.2 Å². The van der Waals surface area contributed by atoms with Crippen LogP contribution >= 0.6 is 11.8 Å². The predicted molar refractivity (Wildman–Crippen MR) is 198 cm³/mol. The Labute approximate surface area is 322 Å². The number of phenols is 2. The first-order valence-corrected chi connectivity index (χ1v) is 19.4. The molecule has 15 heteroatoms. The van der Waals surface area contributed by atoms with Gasteiger partial charge in [0.2, 0.25) is 6.79 Å². The second-order valence-electron chi connectivity index (χ2n) is 15.2. The van der Waals surface area contributed by atoms with Crippen LogP contribution in [-0.4, -0.2) is 90.1 Å². The van der Waals surface area contributed by atoms with Gasteiger partial charge in [0.25, 0.3) is 0 Å². The zero-order chi connectivity index (χ0) is 38.7. The van der Waals surface area contributed by atoms with Crippen LogP contribution in [0.2, 0.25) is 0 Å². The number of nitriles is 1. The third-order valence-electron chi connectivity index (χ3n) is 12.4. The zero-order valence-electron chi connectivity index (χ0n) is 31.3. The summed E-state index contributed by atoms with van der Waals surface area (Å²) >= 11 is 1.60. The van der Waals surface area contributed by atoms with Gasteiger partial charge < -0.3 is 44.0 Å². The highest BCUT2D eigenvalue weighted by atomic mass is 32.2. The van der Waals surface area contributed by atoms with Crippen molar-refractivity contribution in [3.8, 4) is 46.3 Å². The lowest BCUT2D eigenvalue weighted by molar-refractivity contribution is -0.183. The maximum absolute atomic E-state index is 14.2. The van der Waals surface area contributed by atoms with E-state index in [1.165, 1.54) is 26.2 Å². The number of piperazine rings is 1. The van der Waals surface area contributed by atoms with Gasteiger partial charge in [-0.05, 0) is 75.0 Å². The Hall–Kier alpha value is -4.88. The van der Waals surface area contributed by atoms with Gasteiger partial charge in [-0.25, -0.2) is 4.79 Å². The molecule has 0 aromatic heterocycles. The Morgan fingerprint density at radius 3 is 2.58 bits per heavy atom. The van der Waals surface area contributed by atoms with Crippen molar-refractivity contribution < 1.29 is 48.2 Å². The Bertz CT molecular complexity index is 2220. The lowest BCUT2D eigenvalue weighted by atomic mass is 9.70. The summed E-state index contributed by atoms with van der Waals surface area (Å²) in [4.78, 5) is 31.6. The van der Waals surface area contributed by atoms with Crippen LogP contribution in [-0.2, 0) is 21.5 Å². The number of nitrogens with zero attached hydrogens (tertiary/aromatic N) is 3. The van der Waals surface area contributed by atoms with Crippen molar-refractivity contribution in [2.75, 3.05) is 40.0 Å². The summed E-state index contributed by atoms with van der Waals surface area (Å²) in [6, 6.07) is 5.14. The summed E-state index contributed by atoms with van der Waals surface area (Å²) < 4.78 is 35.8. The first-order valence-electron chi connectivity index (χ1n) is 18.3. The van der Waals surface area contributed by atoms with Crippen molar-refractivity contribution in [1.82, 2.24) is 15.1 Å². The molecule has 2 unspecified atom stereocenters. The normalized spacial score (nSPS) is 28.9. The number of carbonyl (C=O) groups is 2. The molecule has 7 aliphatic rings. The summed E-state index contributed by atoms with van der Waals surface area (Å²) in [6.07, 6.45) is 1.06. The molecule has 2 fully saturated rings. The highest BCUT2D eigenvalue weighted by Gasteiger charge is 2.70. The van der Waals surface area contributed by atoms with Crippen LogP contribution < -0.4 is 29.0 Å². The fourth-order valence-electron chi connectivity index (χ4n) is 10.3. The molecule has 0 amide bonds. The number of esters is 2. The number of benzene rings is 3. The fourth-order valence-corrected chi connectivity index (χ4v) is 11.6. The molecule has 7 aliphatic heterocycles. The third-order valence-corrected chi connectivity index (χ3v) is 13.7. The summed E-state index contributed by atoms with van der Waals surface area (Å²) in [7, 11) is 2.96. The van der Waals surface area contributed by atoms with Crippen LogP contribution in [0.25, 0.3) is 0 Å². The molecule has 3 aromatic rings. The molecular weight excluding hydrogens is 729 g/mol. The van der Waals surface area contributed by atoms with Crippen molar-refractivity contribution >= 4 is 23.7 Å². The van der Waals surface area contributed by atoms with E-state index < -0.39 is 46.9 Å². The fraction of sp³-hybridized carbons (Fsp3) is 0.475. The number of methoxy groups -OCH3 is 2. The number of nitrogens with one attached hydrogen (secondary N) is 1. The van der Waals surface area contributed by atoms with E-state index in [2.05, 4.69) is 34.2 Å². The van der Waals surface area contributed by atoms with Gasteiger partial charge in [0.1, 0.15) is 18.4 Å². The van der Waals surface area contributed by atoms with Gasteiger partial charge in [-0.15, -0.1) is 11.8 Å². The minimum absolute atomic E-state index is 0.0631. The molecule has 2 saturated heterocycles. The van der Waals surface area contributed by atoms with E-state index in [1.807, 2.05) is 13.8 Å². The summed E-state index contributed by atoms with van der Waals surface area (Å²) in [5, 5.41) is 37.0. The van der Waals surface area contributed by atoms with E-state index in [0.29, 0.717) is 70.5 Å². The molecule has 7 atom stereocenters. The Morgan fingerprint density at radius 2 is 1.85 bits per heavy atom. The molecule has 10 rings (SSSR count). The highest BCUT2D eigenvalue weighted by Crippen LogP contribution is 2.70. The molecule has 0 saturated carbocycles. The first-order chi connectivity index (χ1) is 26.4.